The Morgan fingerprint density at radius 3 is 2.86 bits per heavy atom. The van der Waals surface area contributed by atoms with Gasteiger partial charge >= 0.3 is 5.97 Å². The third-order valence-electron chi connectivity index (χ3n) is 4.90. The first-order valence-electron chi connectivity index (χ1n) is 8.74. The summed E-state index contributed by atoms with van der Waals surface area (Å²) in [6, 6.07) is 1.28. The zero-order chi connectivity index (χ0) is 19.9. The number of thiophene rings is 1. The number of methoxy groups -OCH3 is 1. The highest BCUT2D eigenvalue weighted by atomic mass is 32.2. The van der Waals surface area contributed by atoms with Crippen LogP contribution in [0.15, 0.2) is 22.5 Å². The summed E-state index contributed by atoms with van der Waals surface area (Å²) in [6.45, 7) is 1.63. The van der Waals surface area contributed by atoms with Gasteiger partial charge in [-0.2, -0.15) is 4.31 Å². The fourth-order valence-corrected chi connectivity index (χ4v) is 6.12. The number of sulfonamides is 1. The minimum atomic E-state index is -3.78. The molecule has 0 saturated carbocycles. The van der Waals surface area contributed by atoms with Crippen molar-refractivity contribution >= 4 is 33.2 Å². The molecule has 12 heteroatoms. The molecule has 0 aromatic carbocycles. The van der Waals surface area contributed by atoms with Crippen molar-refractivity contribution in [3.8, 4) is 0 Å². The van der Waals surface area contributed by atoms with Gasteiger partial charge in [0.15, 0.2) is 0 Å². The molecular weight excluding hydrogens is 406 g/mol. The van der Waals surface area contributed by atoms with Crippen LogP contribution in [0.5, 0.6) is 0 Å². The Bertz CT molecular complexity index is 1010. The molecule has 0 radical (unpaired) electrons. The minimum Gasteiger partial charge on any atom is -0.465 e. The second kappa shape index (κ2) is 7.26. The van der Waals surface area contributed by atoms with Crippen LogP contribution < -0.4 is 0 Å². The Kier molecular flexibility index (Phi) is 4.93. The third kappa shape index (κ3) is 3.31. The van der Waals surface area contributed by atoms with Gasteiger partial charge in [0.25, 0.3) is 0 Å². The van der Waals surface area contributed by atoms with Crippen LogP contribution in [0, 0.1) is 0 Å². The van der Waals surface area contributed by atoms with E-state index in [2.05, 4.69) is 15.0 Å². The number of carbonyl (C=O) groups excluding carboxylic acids is 2. The zero-order valence-corrected chi connectivity index (χ0v) is 16.8. The van der Waals surface area contributed by atoms with Gasteiger partial charge in [0, 0.05) is 26.1 Å². The van der Waals surface area contributed by atoms with E-state index in [-0.39, 0.29) is 34.8 Å². The summed E-state index contributed by atoms with van der Waals surface area (Å²) < 4.78 is 33.2. The smallest absolute Gasteiger partial charge is 0.349 e. The molecule has 0 spiro atoms. The summed E-state index contributed by atoms with van der Waals surface area (Å²) in [4.78, 5) is 25.3. The highest BCUT2D eigenvalue weighted by Crippen LogP contribution is 2.32. The predicted molar refractivity (Wildman–Crippen MR) is 98.1 cm³/mol. The number of likely N-dealkylation sites (tertiary alicyclic amines) is 1. The molecule has 2 aliphatic rings. The van der Waals surface area contributed by atoms with E-state index < -0.39 is 16.0 Å². The zero-order valence-electron chi connectivity index (χ0n) is 15.1. The lowest BCUT2D eigenvalue weighted by molar-refractivity contribution is -0.128. The molecule has 1 amide bonds. The molecular formula is C16H19N5O5S2. The predicted octanol–water partition coefficient (Wildman–Crippen LogP) is 0.494. The molecule has 2 aromatic rings. The van der Waals surface area contributed by atoms with Gasteiger partial charge < -0.3 is 9.64 Å². The van der Waals surface area contributed by atoms with Crippen molar-refractivity contribution < 1.29 is 22.7 Å². The van der Waals surface area contributed by atoms with E-state index in [1.165, 1.54) is 17.5 Å². The number of hydrogen-bond donors (Lipinski definition) is 0. The molecule has 0 bridgehead atoms. The second-order valence-corrected chi connectivity index (χ2v) is 9.51. The van der Waals surface area contributed by atoms with Gasteiger partial charge in [-0.15, -0.1) is 16.4 Å². The molecule has 0 aliphatic carbocycles. The number of ether oxygens (including phenoxy) is 1. The van der Waals surface area contributed by atoms with Crippen molar-refractivity contribution in [2.75, 3.05) is 26.7 Å². The van der Waals surface area contributed by atoms with Crippen LogP contribution in [-0.4, -0.2) is 71.2 Å². The molecule has 0 unspecified atom stereocenters. The number of hydrogen-bond acceptors (Lipinski definition) is 8. The molecule has 0 N–H and O–H groups in total. The van der Waals surface area contributed by atoms with E-state index >= 15 is 0 Å². The van der Waals surface area contributed by atoms with Gasteiger partial charge in [-0.1, -0.05) is 5.21 Å². The molecule has 2 saturated heterocycles. The lowest BCUT2D eigenvalue weighted by Crippen LogP contribution is -2.50. The first-order chi connectivity index (χ1) is 13.4. The first-order valence-corrected chi connectivity index (χ1v) is 11.1. The minimum absolute atomic E-state index is 0.0328. The lowest BCUT2D eigenvalue weighted by atomic mass is 10.2. The highest BCUT2D eigenvalue weighted by Gasteiger charge is 2.40. The summed E-state index contributed by atoms with van der Waals surface area (Å²) in [5, 5.41) is 9.73. The van der Waals surface area contributed by atoms with E-state index in [9.17, 15) is 18.0 Å². The van der Waals surface area contributed by atoms with Gasteiger partial charge in [-0.3, -0.25) is 4.79 Å². The summed E-state index contributed by atoms with van der Waals surface area (Å²) in [5.74, 6) is -0.546. The standard InChI is InChI=1S/C16H19N5O5S2/c1-26-16(23)15-13(4-6-27-15)28(24,25)20-9-12(10-20)21-8-11(17-18-21)7-19-5-2-3-14(19)22/h4,6,8,12H,2-3,5,7,9-10H2,1H3. The van der Waals surface area contributed by atoms with Crippen LogP contribution in [-0.2, 0) is 26.1 Å². The molecule has 4 heterocycles. The number of aromatic nitrogens is 3. The number of esters is 1. The van der Waals surface area contributed by atoms with Gasteiger partial charge in [0.05, 0.1) is 25.9 Å². The molecule has 10 nitrogen and oxygen atoms in total. The average molecular weight is 425 g/mol. The summed E-state index contributed by atoms with van der Waals surface area (Å²) in [6.07, 6.45) is 3.18. The van der Waals surface area contributed by atoms with Gasteiger partial charge in [-0.25, -0.2) is 17.9 Å². The van der Waals surface area contributed by atoms with Crippen LogP contribution in [0.4, 0.5) is 0 Å². The first kappa shape index (κ1) is 19.0. The molecule has 28 heavy (non-hydrogen) atoms. The van der Waals surface area contributed by atoms with Gasteiger partial charge in [0.1, 0.15) is 15.5 Å². The molecule has 4 rings (SSSR count). The molecule has 0 atom stereocenters. The van der Waals surface area contributed by atoms with Crippen LogP contribution in [0.25, 0.3) is 0 Å². The number of nitrogens with zero attached hydrogens (tertiary/aromatic N) is 5. The van der Waals surface area contributed by atoms with E-state index in [0.29, 0.717) is 18.7 Å². The second-order valence-electron chi connectivity index (χ2n) is 6.69. The number of carbonyl (C=O) groups is 2. The van der Waals surface area contributed by atoms with E-state index in [1.54, 1.807) is 21.2 Å². The maximum Gasteiger partial charge on any atom is 0.349 e. The summed E-state index contributed by atoms with van der Waals surface area (Å²) >= 11 is 1.04. The van der Waals surface area contributed by atoms with Crippen LogP contribution in [0.1, 0.15) is 34.2 Å². The Hall–Kier alpha value is -2.31. The molecule has 2 fully saturated rings. The number of rotatable bonds is 6. The molecule has 2 aromatic heterocycles. The maximum atomic E-state index is 12.8. The van der Waals surface area contributed by atoms with Crippen molar-refractivity contribution in [1.82, 2.24) is 24.2 Å². The van der Waals surface area contributed by atoms with Crippen molar-refractivity contribution in [3.63, 3.8) is 0 Å². The molecule has 150 valence electrons. The van der Waals surface area contributed by atoms with Crippen molar-refractivity contribution in [2.24, 2.45) is 0 Å². The fourth-order valence-electron chi connectivity index (χ4n) is 3.29. The third-order valence-corrected chi connectivity index (χ3v) is 7.80. The maximum absolute atomic E-state index is 12.8. The summed E-state index contributed by atoms with van der Waals surface area (Å²) in [5.41, 5.74) is 0.683. The van der Waals surface area contributed by atoms with E-state index in [1.807, 2.05) is 0 Å². The van der Waals surface area contributed by atoms with Crippen LogP contribution in [0.2, 0.25) is 0 Å². The average Bonchev–Trinajstić information content (AvgIpc) is 3.35. The number of amides is 1. The van der Waals surface area contributed by atoms with Crippen molar-refractivity contribution in [1.29, 1.82) is 0 Å². The highest BCUT2D eigenvalue weighted by molar-refractivity contribution is 7.89. The van der Waals surface area contributed by atoms with Gasteiger partial charge in [0.2, 0.25) is 15.9 Å². The Labute approximate surface area is 165 Å². The largest absolute Gasteiger partial charge is 0.465 e. The molecule has 2 aliphatic heterocycles. The Morgan fingerprint density at radius 1 is 1.39 bits per heavy atom. The Balaban J connectivity index is 1.41. The van der Waals surface area contributed by atoms with Crippen molar-refractivity contribution in [3.05, 3.63) is 28.2 Å². The normalized spacial score (nSPS) is 18.5. The lowest BCUT2D eigenvalue weighted by Gasteiger charge is -2.37. The quantitative estimate of drug-likeness (QED) is 0.619. The van der Waals surface area contributed by atoms with Gasteiger partial charge in [-0.05, 0) is 17.9 Å². The monoisotopic (exact) mass is 425 g/mol. The SMILES string of the molecule is COC(=O)c1sccc1S(=O)(=O)N1CC(n2cc(CN3CCCC3=O)nn2)C1. The van der Waals surface area contributed by atoms with E-state index in [4.69, 9.17) is 0 Å². The van der Waals surface area contributed by atoms with Crippen LogP contribution in [0.3, 0.4) is 0 Å². The van der Waals surface area contributed by atoms with Crippen molar-refractivity contribution in [2.45, 2.75) is 30.3 Å². The Morgan fingerprint density at radius 2 is 2.18 bits per heavy atom. The fraction of sp³-hybridized carbons (Fsp3) is 0.500. The summed E-state index contributed by atoms with van der Waals surface area (Å²) in [7, 11) is -2.56. The van der Waals surface area contributed by atoms with E-state index in [0.717, 1.165) is 24.3 Å². The topological polar surface area (TPSA) is 115 Å². The van der Waals surface area contributed by atoms with Crippen LogP contribution >= 0.6 is 11.3 Å².